The first-order chi connectivity index (χ1) is 12.9. The van der Waals surface area contributed by atoms with E-state index in [1.807, 2.05) is 0 Å². The molecule has 0 saturated heterocycles. The smallest absolute Gasteiger partial charge is 0.404 e. The normalized spacial score (nSPS) is 10.6. The van der Waals surface area contributed by atoms with Crippen LogP contribution in [0.3, 0.4) is 0 Å². The van der Waals surface area contributed by atoms with Gasteiger partial charge in [-0.15, -0.1) is 0 Å². The summed E-state index contributed by atoms with van der Waals surface area (Å²) >= 11 is 0. The third-order valence-electron chi connectivity index (χ3n) is 2.60. The average molecular weight is 425 g/mol. The van der Waals surface area contributed by atoms with Gasteiger partial charge in [0.15, 0.2) is 0 Å². The van der Waals surface area contributed by atoms with Gasteiger partial charge >= 0.3 is 7.82 Å². The maximum absolute atomic E-state index is 10.4. The Labute approximate surface area is 165 Å². The van der Waals surface area contributed by atoms with Crippen LogP contribution in [0.1, 0.15) is 27.7 Å². The number of aliphatic hydroxyl groups is 2. The third kappa shape index (κ3) is 20.7. The Bertz CT molecular complexity index is 552. The van der Waals surface area contributed by atoms with Gasteiger partial charge in [0.05, 0.1) is 18.1 Å². The average Bonchev–Trinajstić information content (AvgIpc) is 2.58. The van der Waals surface area contributed by atoms with E-state index < -0.39 is 12.7 Å². The van der Waals surface area contributed by atoms with E-state index in [4.69, 9.17) is 20.0 Å². The molecule has 1 aromatic carbocycles. The molecule has 1 aromatic rings. The molecule has 12 heteroatoms. The van der Waals surface area contributed by atoms with Gasteiger partial charge in [0, 0.05) is 37.3 Å². The van der Waals surface area contributed by atoms with Crippen LogP contribution in [-0.2, 0) is 4.57 Å². The quantitative estimate of drug-likeness (QED) is 0.190. The van der Waals surface area contributed by atoms with Crippen LogP contribution in [0.5, 0.6) is 5.75 Å². The highest BCUT2D eigenvalue weighted by atomic mass is 31.2. The summed E-state index contributed by atoms with van der Waals surface area (Å²) in [5.41, 5.74) is -0.178. The molecule has 28 heavy (non-hydrogen) atoms. The number of rotatable bonds is 9. The van der Waals surface area contributed by atoms with Gasteiger partial charge in [-0.05, 0) is 12.1 Å². The minimum absolute atomic E-state index is 0.121. The predicted octanol–water partition coefficient (Wildman–Crippen LogP) is 1.02. The van der Waals surface area contributed by atoms with E-state index in [1.165, 1.54) is 0 Å². The highest BCUT2D eigenvalue weighted by Crippen LogP contribution is 2.37. The first kappa shape index (κ1) is 28.6. The van der Waals surface area contributed by atoms with Crippen molar-refractivity contribution in [3.63, 3.8) is 0 Å². The molecule has 1 rings (SSSR count). The summed E-state index contributed by atoms with van der Waals surface area (Å²) in [7, 11) is -4.60. The molecule has 0 heterocycles. The van der Waals surface area contributed by atoms with Crippen LogP contribution >= 0.6 is 7.82 Å². The number of hydrogen-bond donors (Lipinski definition) is 6. The largest absolute Gasteiger partial charge is 0.524 e. The summed E-state index contributed by atoms with van der Waals surface area (Å²) in [6, 6.07) is 5.38. The molecule has 0 aliphatic rings. The fraction of sp³-hybridized carbons (Fsp3) is 0.625. The summed E-state index contributed by atoms with van der Waals surface area (Å²) in [6.07, 6.45) is 0. The van der Waals surface area contributed by atoms with Crippen molar-refractivity contribution in [2.75, 3.05) is 26.3 Å². The van der Waals surface area contributed by atoms with E-state index in [-0.39, 0.29) is 24.7 Å². The predicted molar refractivity (Wildman–Crippen MR) is 106 cm³/mol. The maximum Gasteiger partial charge on any atom is 0.524 e. The fourth-order valence-corrected chi connectivity index (χ4v) is 1.87. The van der Waals surface area contributed by atoms with Crippen molar-refractivity contribution >= 4 is 13.5 Å². The van der Waals surface area contributed by atoms with Gasteiger partial charge in [0.1, 0.15) is 5.75 Å². The zero-order valence-electron chi connectivity index (χ0n) is 16.6. The maximum atomic E-state index is 10.4. The molecule has 0 radical (unpaired) electrons. The molecule has 164 valence electrons. The first-order valence-electron chi connectivity index (χ1n) is 8.61. The molecule has 6 N–H and O–H groups in total. The molecular weight excluding hydrogens is 393 g/mol. The molecule has 0 aliphatic heterocycles. The number of aliphatic hydroxyl groups excluding tert-OH is 2. The molecule has 0 aliphatic carbocycles. The molecule has 0 fully saturated rings. The molecule has 0 amide bonds. The Morgan fingerprint density at radius 1 is 1.00 bits per heavy atom. The second-order valence-corrected chi connectivity index (χ2v) is 7.16. The van der Waals surface area contributed by atoms with Crippen LogP contribution in [0.2, 0.25) is 0 Å². The van der Waals surface area contributed by atoms with Crippen LogP contribution in [-0.4, -0.2) is 63.3 Å². The number of phosphoric acid groups is 1. The van der Waals surface area contributed by atoms with Crippen LogP contribution in [0.4, 0.5) is 5.69 Å². The molecule has 0 atom stereocenters. The second kappa shape index (κ2) is 16.4. The lowest BCUT2D eigenvalue weighted by atomic mass is 10.3. The van der Waals surface area contributed by atoms with Gasteiger partial charge < -0.3 is 25.4 Å². The van der Waals surface area contributed by atoms with Crippen molar-refractivity contribution in [1.82, 2.24) is 10.6 Å². The summed E-state index contributed by atoms with van der Waals surface area (Å²) in [6.45, 7) is 10.1. The summed E-state index contributed by atoms with van der Waals surface area (Å²) in [4.78, 5) is 26.4. The van der Waals surface area contributed by atoms with Crippen LogP contribution < -0.4 is 15.2 Å². The van der Waals surface area contributed by atoms with Gasteiger partial charge in [0.25, 0.3) is 5.69 Å². The topological polar surface area (TPSA) is 174 Å². The van der Waals surface area contributed by atoms with Gasteiger partial charge in [-0.2, -0.15) is 0 Å². The molecule has 0 bridgehead atoms. The Morgan fingerprint density at radius 3 is 1.61 bits per heavy atom. The third-order valence-corrected chi connectivity index (χ3v) is 3.05. The number of nitro groups is 1. The lowest BCUT2D eigenvalue weighted by molar-refractivity contribution is -0.384. The van der Waals surface area contributed by atoms with Crippen molar-refractivity contribution < 1.29 is 34.0 Å². The Kier molecular flexibility index (Phi) is 16.7. The zero-order valence-corrected chi connectivity index (χ0v) is 17.5. The van der Waals surface area contributed by atoms with Gasteiger partial charge in [-0.25, -0.2) is 4.57 Å². The lowest BCUT2D eigenvalue weighted by Gasteiger charge is -2.05. The number of non-ortho nitro benzene ring substituents is 1. The molecule has 0 saturated carbocycles. The highest BCUT2D eigenvalue weighted by Gasteiger charge is 2.16. The summed E-state index contributed by atoms with van der Waals surface area (Å²) in [5.74, 6) is -0.121. The molecule has 0 unspecified atom stereocenters. The van der Waals surface area contributed by atoms with Crippen LogP contribution in [0.25, 0.3) is 0 Å². The SMILES string of the molecule is CC(C)NCCO.CC(C)NCCO.O=[N+]([O-])c1ccc(OP(=O)(O)O)cc1. The Hall–Kier alpha value is -1.59. The number of nitrogens with zero attached hydrogens (tertiary/aromatic N) is 1. The van der Waals surface area contributed by atoms with Crippen LogP contribution in [0.15, 0.2) is 24.3 Å². The van der Waals surface area contributed by atoms with E-state index in [0.29, 0.717) is 25.2 Å². The van der Waals surface area contributed by atoms with E-state index in [0.717, 1.165) is 24.3 Å². The van der Waals surface area contributed by atoms with Crippen molar-refractivity contribution in [2.45, 2.75) is 39.8 Å². The Morgan fingerprint density at radius 2 is 1.39 bits per heavy atom. The minimum Gasteiger partial charge on any atom is -0.404 e. The van der Waals surface area contributed by atoms with E-state index >= 15 is 0 Å². The molecule has 0 aromatic heterocycles. The number of nitrogens with one attached hydrogen (secondary N) is 2. The van der Waals surface area contributed by atoms with E-state index in [1.54, 1.807) is 0 Å². The van der Waals surface area contributed by atoms with Gasteiger partial charge in [-0.1, -0.05) is 27.7 Å². The summed E-state index contributed by atoms with van der Waals surface area (Å²) in [5, 5.41) is 32.8. The van der Waals surface area contributed by atoms with Crippen LogP contribution in [0, 0.1) is 10.1 Å². The van der Waals surface area contributed by atoms with Crippen molar-refractivity contribution in [2.24, 2.45) is 0 Å². The number of phosphoric ester groups is 1. The first-order valence-corrected chi connectivity index (χ1v) is 10.1. The number of nitro benzene ring substituents is 1. The minimum atomic E-state index is -4.60. The number of hydrogen-bond acceptors (Lipinski definition) is 8. The second-order valence-electron chi connectivity index (χ2n) is 6.00. The fourth-order valence-electron chi connectivity index (χ4n) is 1.47. The van der Waals surface area contributed by atoms with Crippen molar-refractivity contribution in [1.29, 1.82) is 0 Å². The molecular formula is C16H32N3O8P. The van der Waals surface area contributed by atoms with Gasteiger partial charge in [-0.3, -0.25) is 19.9 Å². The highest BCUT2D eigenvalue weighted by molar-refractivity contribution is 7.46. The monoisotopic (exact) mass is 425 g/mol. The van der Waals surface area contributed by atoms with E-state index in [9.17, 15) is 14.7 Å². The van der Waals surface area contributed by atoms with Crippen molar-refractivity contribution in [3.8, 4) is 5.75 Å². The van der Waals surface area contributed by atoms with Crippen molar-refractivity contribution in [3.05, 3.63) is 34.4 Å². The molecule has 0 spiro atoms. The number of benzene rings is 1. The summed E-state index contributed by atoms with van der Waals surface area (Å²) < 4.78 is 14.5. The van der Waals surface area contributed by atoms with Gasteiger partial charge in [0.2, 0.25) is 0 Å². The van der Waals surface area contributed by atoms with E-state index in [2.05, 4.69) is 42.9 Å². The lowest BCUT2D eigenvalue weighted by Crippen LogP contribution is -2.25. The zero-order chi connectivity index (χ0) is 22.2. The molecule has 11 nitrogen and oxygen atoms in total. The standard InChI is InChI=1S/C6H6NO6P.2C5H13NO/c8-7(9)5-1-3-6(4-2-5)13-14(10,11)12;2*1-5(2)6-3-4-7/h1-4H,(H2,10,11,12);2*5-7H,3-4H2,1-2H3. The Balaban J connectivity index is 0.